The first-order chi connectivity index (χ1) is 11.1. The number of guanidine groups is 1. The second-order valence-electron chi connectivity index (χ2n) is 6.50. The highest BCUT2D eigenvalue weighted by Crippen LogP contribution is 2.14. The van der Waals surface area contributed by atoms with Gasteiger partial charge in [0.05, 0.1) is 6.54 Å². The topological polar surface area (TPSA) is 48.9 Å². The Balaban J connectivity index is 1.70. The van der Waals surface area contributed by atoms with Gasteiger partial charge in [0.15, 0.2) is 5.96 Å². The van der Waals surface area contributed by atoms with E-state index in [1.54, 1.807) is 0 Å². The van der Waals surface area contributed by atoms with Gasteiger partial charge in [-0.3, -0.25) is 4.99 Å². The molecule has 1 aliphatic heterocycles. The van der Waals surface area contributed by atoms with Gasteiger partial charge < -0.3 is 20.3 Å². The molecule has 0 aliphatic carbocycles. The number of hydrogen-bond donors (Lipinski definition) is 2. The molecular weight excluding hydrogens is 288 g/mol. The highest BCUT2D eigenvalue weighted by molar-refractivity contribution is 5.79. The van der Waals surface area contributed by atoms with Crippen molar-refractivity contribution in [2.45, 2.75) is 26.4 Å². The van der Waals surface area contributed by atoms with E-state index in [-0.39, 0.29) is 6.10 Å². The van der Waals surface area contributed by atoms with Crippen LogP contribution < -0.4 is 15.4 Å². The van der Waals surface area contributed by atoms with E-state index in [0.29, 0.717) is 5.92 Å². The summed E-state index contributed by atoms with van der Waals surface area (Å²) in [5.74, 6) is 2.47. The average molecular weight is 318 g/mol. The quantitative estimate of drug-likeness (QED) is 0.621. The van der Waals surface area contributed by atoms with Gasteiger partial charge in [-0.2, -0.15) is 0 Å². The third-order valence-electron chi connectivity index (χ3n) is 4.15. The Bertz CT molecular complexity index is 517. The van der Waals surface area contributed by atoms with E-state index in [9.17, 15) is 0 Å². The second kappa shape index (κ2) is 8.77. The summed E-state index contributed by atoms with van der Waals surface area (Å²) < 4.78 is 5.93. The fraction of sp³-hybridized carbons (Fsp3) is 0.611. The number of benzene rings is 1. The third kappa shape index (κ3) is 6.10. The number of nitrogens with zero attached hydrogens (tertiary/aromatic N) is 2. The number of likely N-dealkylation sites (tertiary alicyclic amines) is 1. The van der Waals surface area contributed by atoms with Crippen LogP contribution in [0.2, 0.25) is 0 Å². The Morgan fingerprint density at radius 2 is 2.26 bits per heavy atom. The smallest absolute Gasteiger partial charge is 0.191 e. The van der Waals surface area contributed by atoms with E-state index < -0.39 is 0 Å². The van der Waals surface area contributed by atoms with Gasteiger partial charge in [-0.25, -0.2) is 0 Å². The fourth-order valence-electron chi connectivity index (χ4n) is 2.86. The van der Waals surface area contributed by atoms with Crippen LogP contribution in [0.3, 0.4) is 0 Å². The van der Waals surface area contributed by atoms with Gasteiger partial charge in [0.2, 0.25) is 0 Å². The molecule has 0 amide bonds. The second-order valence-corrected chi connectivity index (χ2v) is 6.50. The molecule has 0 aromatic heterocycles. The lowest BCUT2D eigenvalue weighted by molar-refractivity contribution is 0.223. The Labute approximate surface area is 140 Å². The predicted octanol–water partition coefficient (Wildman–Crippen LogP) is 1.88. The van der Waals surface area contributed by atoms with Gasteiger partial charge in [-0.1, -0.05) is 12.1 Å². The standard InChI is InChI=1S/C18H30N4O/c1-14-6-5-7-17(10-14)23-15(2)11-20-18(19-3)21-12-16-8-9-22(4)13-16/h5-7,10,15-16H,8-9,11-13H2,1-4H3,(H2,19,20,21). The number of hydrogen-bond acceptors (Lipinski definition) is 3. The lowest BCUT2D eigenvalue weighted by Crippen LogP contribution is -2.43. The molecule has 2 N–H and O–H groups in total. The first-order valence-corrected chi connectivity index (χ1v) is 8.43. The molecule has 2 atom stereocenters. The van der Waals surface area contributed by atoms with Crippen LogP contribution in [0.15, 0.2) is 29.3 Å². The molecule has 0 radical (unpaired) electrons. The normalized spacial score (nSPS) is 20.3. The maximum Gasteiger partial charge on any atom is 0.191 e. The first kappa shape index (κ1) is 17.6. The van der Waals surface area contributed by atoms with E-state index in [1.807, 2.05) is 19.2 Å². The van der Waals surface area contributed by atoms with Crippen molar-refractivity contribution in [1.29, 1.82) is 0 Å². The molecule has 2 unspecified atom stereocenters. The summed E-state index contributed by atoms with van der Waals surface area (Å²) in [6, 6.07) is 8.14. The summed E-state index contributed by atoms with van der Waals surface area (Å²) in [6.07, 6.45) is 1.33. The average Bonchev–Trinajstić information content (AvgIpc) is 2.93. The van der Waals surface area contributed by atoms with Gasteiger partial charge >= 0.3 is 0 Å². The molecule has 0 spiro atoms. The summed E-state index contributed by atoms with van der Waals surface area (Å²) in [4.78, 5) is 6.66. The highest BCUT2D eigenvalue weighted by atomic mass is 16.5. The number of rotatable bonds is 6. The maximum absolute atomic E-state index is 5.93. The monoisotopic (exact) mass is 318 g/mol. The van der Waals surface area contributed by atoms with Gasteiger partial charge in [-0.05, 0) is 57.5 Å². The molecule has 1 saturated heterocycles. The number of nitrogens with one attached hydrogen (secondary N) is 2. The van der Waals surface area contributed by atoms with Crippen LogP contribution in [0.5, 0.6) is 5.75 Å². The molecule has 1 aliphatic rings. The van der Waals surface area contributed by atoms with Crippen molar-refractivity contribution in [2.75, 3.05) is 40.3 Å². The molecule has 2 rings (SSSR count). The van der Waals surface area contributed by atoms with Crippen LogP contribution in [0, 0.1) is 12.8 Å². The maximum atomic E-state index is 5.93. The molecule has 1 fully saturated rings. The zero-order valence-electron chi connectivity index (χ0n) is 14.8. The lowest BCUT2D eigenvalue weighted by Gasteiger charge is -2.19. The minimum absolute atomic E-state index is 0.0768. The van der Waals surface area contributed by atoms with Crippen LogP contribution >= 0.6 is 0 Å². The third-order valence-corrected chi connectivity index (χ3v) is 4.15. The van der Waals surface area contributed by atoms with E-state index in [4.69, 9.17) is 4.74 Å². The molecule has 1 aromatic carbocycles. The summed E-state index contributed by atoms with van der Waals surface area (Å²) in [6.45, 7) is 8.18. The number of ether oxygens (including phenoxy) is 1. The van der Waals surface area contributed by atoms with Crippen LogP contribution in [-0.2, 0) is 0 Å². The van der Waals surface area contributed by atoms with E-state index in [1.165, 1.54) is 18.5 Å². The molecule has 1 heterocycles. The van der Waals surface area contributed by atoms with Gasteiger partial charge in [0.25, 0.3) is 0 Å². The molecule has 23 heavy (non-hydrogen) atoms. The number of aryl methyl sites for hydroxylation is 1. The highest BCUT2D eigenvalue weighted by Gasteiger charge is 2.19. The molecule has 1 aromatic rings. The SMILES string of the molecule is CN=C(NCC1CCN(C)C1)NCC(C)Oc1cccc(C)c1. The van der Waals surface area contributed by atoms with Crippen molar-refractivity contribution in [3.63, 3.8) is 0 Å². The van der Waals surface area contributed by atoms with E-state index in [0.717, 1.165) is 31.3 Å². The summed E-state index contributed by atoms with van der Waals surface area (Å²) in [7, 11) is 3.99. The van der Waals surface area contributed by atoms with Crippen LogP contribution in [0.4, 0.5) is 0 Å². The molecule has 5 heteroatoms. The summed E-state index contributed by atoms with van der Waals surface area (Å²) >= 11 is 0. The van der Waals surface area contributed by atoms with Crippen molar-refractivity contribution in [3.05, 3.63) is 29.8 Å². The van der Waals surface area contributed by atoms with Crippen molar-refractivity contribution in [3.8, 4) is 5.75 Å². The Morgan fingerprint density at radius 3 is 2.91 bits per heavy atom. The minimum atomic E-state index is 0.0768. The van der Waals surface area contributed by atoms with Crippen molar-refractivity contribution in [2.24, 2.45) is 10.9 Å². The fourth-order valence-corrected chi connectivity index (χ4v) is 2.86. The Morgan fingerprint density at radius 1 is 1.43 bits per heavy atom. The van der Waals surface area contributed by atoms with E-state index >= 15 is 0 Å². The summed E-state index contributed by atoms with van der Waals surface area (Å²) in [5.41, 5.74) is 1.21. The van der Waals surface area contributed by atoms with Crippen molar-refractivity contribution in [1.82, 2.24) is 15.5 Å². The zero-order valence-corrected chi connectivity index (χ0v) is 14.8. The van der Waals surface area contributed by atoms with Crippen molar-refractivity contribution < 1.29 is 4.74 Å². The Hall–Kier alpha value is -1.75. The lowest BCUT2D eigenvalue weighted by atomic mass is 10.1. The molecular formula is C18H30N4O. The Kier molecular flexibility index (Phi) is 6.71. The van der Waals surface area contributed by atoms with Gasteiger partial charge in [0.1, 0.15) is 11.9 Å². The van der Waals surface area contributed by atoms with Crippen LogP contribution in [-0.4, -0.2) is 57.2 Å². The zero-order chi connectivity index (χ0) is 16.7. The molecule has 0 saturated carbocycles. The minimum Gasteiger partial charge on any atom is -0.489 e. The van der Waals surface area contributed by atoms with E-state index in [2.05, 4.69) is 53.6 Å². The van der Waals surface area contributed by atoms with Crippen molar-refractivity contribution >= 4 is 5.96 Å². The predicted molar refractivity (Wildman–Crippen MR) is 96.2 cm³/mol. The molecule has 5 nitrogen and oxygen atoms in total. The summed E-state index contributed by atoms with van der Waals surface area (Å²) in [5, 5.41) is 6.76. The molecule has 128 valence electrons. The van der Waals surface area contributed by atoms with Crippen LogP contribution in [0.25, 0.3) is 0 Å². The molecule has 0 bridgehead atoms. The first-order valence-electron chi connectivity index (χ1n) is 8.43. The van der Waals surface area contributed by atoms with Crippen LogP contribution in [0.1, 0.15) is 18.9 Å². The number of aliphatic imine (C=N–C) groups is 1. The van der Waals surface area contributed by atoms with Gasteiger partial charge in [-0.15, -0.1) is 0 Å². The largest absolute Gasteiger partial charge is 0.489 e. The van der Waals surface area contributed by atoms with Gasteiger partial charge in [0, 0.05) is 20.1 Å².